The summed E-state index contributed by atoms with van der Waals surface area (Å²) in [5.41, 5.74) is 1.95. The molecule has 1 saturated carbocycles. The molecular weight excluding hydrogens is 397 g/mol. The zero-order valence-corrected chi connectivity index (χ0v) is 17.3. The van der Waals surface area contributed by atoms with Crippen LogP contribution in [0.25, 0.3) is 0 Å². The van der Waals surface area contributed by atoms with E-state index < -0.39 is 0 Å². The summed E-state index contributed by atoms with van der Waals surface area (Å²) in [7, 11) is 0. The molecule has 1 unspecified atom stereocenters. The number of amides is 2. The summed E-state index contributed by atoms with van der Waals surface area (Å²) in [5, 5.41) is 0.955. The third kappa shape index (κ3) is 3.65. The average Bonchev–Trinajstić information content (AvgIpc) is 3.43. The van der Waals surface area contributed by atoms with Crippen LogP contribution in [0.3, 0.4) is 0 Å². The maximum Gasteiger partial charge on any atom is 0.243 e. The molecule has 0 spiro atoms. The zero-order valence-electron chi connectivity index (χ0n) is 15.8. The summed E-state index contributed by atoms with van der Waals surface area (Å²) in [6, 6.07) is 9.26. The summed E-state index contributed by atoms with van der Waals surface area (Å²) in [6.07, 6.45) is 3.90. The third-order valence-corrected chi connectivity index (χ3v) is 6.30. The molecule has 1 aromatic carbocycles. The fourth-order valence-electron chi connectivity index (χ4n) is 3.87. The van der Waals surface area contributed by atoms with E-state index in [1.165, 1.54) is 0 Å². The van der Waals surface area contributed by atoms with Crippen molar-refractivity contribution in [3.8, 4) is 0 Å². The number of aromatic nitrogens is 1. The zero-order chi connectivity index (χ0) is 19.8. The Morgan fingerprint density at radius 1 is 1.14 bits per heavy atom. The first-order valence-electron chi connectivity index (χ1n) is 9.67. The van der Waals surface area contributed by atoms with Crippen LogP contribution in [0.15, 0.2) is 36.5 Å². The molecule has 4 rings (SSSR count). The van der Waals surface area contributed by atoms with E-state index in [0.717, 1.165) is 30.6 Å². The van der Waals surface area contributed by atoms with E-state index in [2.05, 4.69) is 4.57 Å². The molecule has 1 fully saturated rings. The van der Waals surface area contributed by atoms with Crippen molar-refractivity contribution >= 4 is 35.0 Å². The van der Waals surface area contributed by atoms with Gasteiger partial charge >= 0.3 is 0 Å². The van der Waals surface area contributed by atoms with Gasteiger partial charge in [0.05, 0.1) is 22.6 Å². The summed E-state index contributed by atoms with van der Waals surface area (Å²) < 4.78 is 2.16. The van der Waals surface area contributed by atoms with Gasteiger partial charge in [0.15, 0.2) is 0 Å². The van der Waals surface area contributed by atoms with Crippen LogP contribution in [-0.2, 0) is 16.1 Å². The van der Waals surface area contributed by atoms with Gasteiger partial charge in [0.1, 0.15) is 0 Å². The van der Waals surface area contributed by atoms with Crippen LogP contribution in [0, 0.1) is 5.92 Å². The van der Waals surface area contributed by atoms with Gasteiger partial charge in [-0.2, -0.15) is 0 Å². The van der Waals surface area contributed by atoms with Gasteiger partial charge in [0, 0.05) is 37.4 Å². The Kier molecular flexibility index (Phi) is 5.39. The Morgan fingerprint density at radius 2 is 1.93 bits per heavy atom. The summed E-state index contributed by atoms with van der Waals surface area (Å²) in [5.74, 6) is 0.166. The number of carbonyl (C=O) groups is 2. The molecule has 0 saturated heterocycles. The van der Waals surface area contributed by atoms with Crippen molar-refractivity contribution < 1.29 is 9.59 Å². The van der Waals surface area contributed by atoms with Gasteiger partial charge in [-0.25, -0.2) is 0 Å². The second kappa shape index (κ2) is 7.80. The summed E-state index contributed by atoms with van der Waals surface area (Å²) in [4.78, 5) is 29.2. The second-order valence-corrected chi connectivity index (χ2v) is 8.23. The van der Waals surface area contributed by atoms with Crippen LogP contribution in [-0.4, -0.2) is 45.8 Å². The molecule has 0 radical (unpaired) electrons. The van der Waals surface area contributed by atoms with Gasteiger partial charge in [-0.1, -0.05) is 29.3 Å². The van der Waals surface area contributed by atoms with Crippen LogP contribution in [0.1, 0.15) is 37.1 Å². The maximum atomic E-state index is 13.2. The van der Waals surface area contributed by atoms with Crippen molar-refractivity contribution in [1.82, 2.24) is 14.4 Å². The number of hydrogen-bond donors (Lipinski definition) is 0. The van der Waals surface area contributed by atoms with Crippen molar-refractivity contribution in [1.29, 1.82) is 0 Å². The van der Waals surface area contributed by atoms with Crippen molar-refractivity contribution in [2.45, 2.75) is 32.4 Å². The van der Waals surface area contributed by atoms with Gasteiger partial charge in [-0.15, -0.1) is 0 Å². The fourth-order valence-corrected chi connectivity index (χ4v) is 4.18. The Balaban J connectivity index is 1.63. The third-order valence-electron chi connectivity index (χ3n) is 5.56. The van der Waals surface area contributed by atoms with E-state index in [0.29, 0.717) is 23.1 Å². The lowest BCUT2D eigenvalue weighted by Gasteiger charge is -2.38. The SMILES string of the molecule is CCN(CC(=O)N1CCn2cccc2C1c1ccc(Cl)c(Cl)c1)C(=O)C1CC1. The smallest absolute Gasteiger partial charge is 0.243 e. The first-order chi connectivity index (χ1) is 13.5. The quantitative estimate of drug-likeness (QED) is 0.735. The number of rotatable bonds is 5. The lowest BCUT2D eigenvalue weighted by molar-refractivity contribution is -0.142. The molecule has 1 aromatic heterocycles. The molecule has 0 N–H and O–H groups in total. The number of hydrogen-bond acceptors (Lipinski definition) is 2. The molecule has 28 heavy (non-hydrogen) atoms. The maximum absolute atomic E-state index is 13.2. The minimum Gasteiger partial charge on any atom is -0.348 e. The molecule has 1 aliphatic heterocycles. The molecule has 0 bridgehead atoms. The van der Waals surface area contributed by atoms with Gasteiger partial charge in [0.25, 0.3) is 0 Å². The fraction of sp³-hybridized carbons (Fsp3) is 0.429. The molecule has 1 atom stereocenters. The number of nitrogens with zero attached hydrogens (tertiary/aromatic N) is 3. The summed E-state index contributed by atoms with van der Waals surface area (Å²) >= 11 is 12.4. The van der Waals surface area contributed by atoms with Crippen LogP contribution in [0.4, 0.5) is 0 Å². The predicted molar refractivity (Wildman–Crippen MR) is 109 cm³/mol. The molecule has 5 nitrogen and oxygen atoms in total. The highest BCUT2D eigenvalue weighted by molar-refractivity contribution is 6.42. The average molecular weight is 420 g/mol. The molecule has 1 aliphatic carbocycles. The Hall–Kier alpha value is -1.98. The lowest BCUT2D eigenvalue weighted by Crippen LogP contribution is -2.48. The van der Waals surface area contributed by atoms with Crippen LogP contribution >= 0.6 is 23.2 Å². The predicted octanol–water partition coefficient (Wildman–Crippen LogP) is 3.99. The van der Waals surface area contributed by atoms with Crippen molar-refractivity contribution in [3.05, 3.63) is 57.8 Å². The van der Waals surface area contributed by atoms with E-state index in [1.54, 1.807) is 11.0 Å². The van der Waals surface area contributed by atoms with Crippen molar-refractivity contribution in [3.63, 3.8) is 0 Å². The summed E-state index contributed by atoms with van der Waals surface area (Å²) in [6.45, 7) is 3.90. The molecule has 7 heteroatoms. The molecular formula is C21H23Cl2N3O2. The van der Waals surface area contributed by atoms with Gasteiger partial charge in [-0.05, 0) is 49.6 Å². The van der Waals surface area contributed by atoms with E-state index in [1.807, 2.05) is 42.3 Å². The number of likely N-dealkylation sites (N-methyl/N-ethyl adjacent to an activating group) is 1. The highest BCUT2D eigenvalue weighted by atomic mass is 35.5. The Labute approximate surface area is 174 Å². The lowest BCUT2D eigenvalue weighted by atomic mass is 9.99. The molecule has 148 valence electrons. The minimum atomic E-state index is -0.249. The number of fused-ring (bicyclic) bond motifs is 1. The topological polar surface area (TPSA) is 45.6 Å². The number of halogens is 2. The number of benzene rings is 1. The molecule has 2 aliphatic rings. The van der Waals surface area contributed by atoms with E-state index in [4.69, 9.17) is 23.2 Å². The normalized spacial score (nSPS) is 18.7. The highest BCUT2D eigenvalue weighted by Crippen LogP contribution is 2.36. The van der Waals surface area contributed by atoms with Crippen LogP contribution in [0.5, 0.6) is 0 Å². The second-order valence-electron chi connectivity index (χ2n) is 7.42. The molecule has 2 aromatic rings. The van der Waals surface area contributed by atoms with Gasteiger partial charge in [0.2, 0.25) is 11.8 Å². The first-order valence-corrected chi connectivity index (χ1v) is 10.4. The van der Waals surface area contributed by atoms with Crippen LogP contribution < -0.4 is 0 Å². The monoisotopic (exact) mass is 419 g/mol. The Bertz CT molecular complexity index is 907. The van der Waals surface area contributed by atoms with E-state index in [9.17, 15) is 9.59 Å². The Morgan fingerprint density at radius 3 is 2.61 bits per heavy atom. The van der Waals surface area contributed by atoms with Crippen molar-refractivity contribution in [2.75, 3.05) is 19.6 Å². The van der Waals surface area contributed by atoms with Gasteiger partial charge < -0.3 is 14.4 Å². The van der Waals surface area contributed by atoms with Crippen molar-refractivity contribution in [2.24, 2.45) is 5.92 Å². The minimum absolute atomic E-state index is 0.0422. The standard InChI is InChI=1S/C21H23Cl2N3O2/c1-2-24(21(28)14-5-6-14)13-19(27)26-11-10-25-9-3-4-18(25)20(26)15-7-8-16(22)17(23)12-15/h3-4,7-9,12,14,20H,2,5-6,10-11,13H2,1H3. The largest absolute Gasteiger partial charge is 0.348 e. The number of carbonyl (C=O) groups excluding carboxylic acids is 2. The van der Waals surface area contributed by atoms with E-state index in [-0.39, 0.29) is 30.3 Å². The van der Waals surface area contributed by atoms with E-state index >= 15 is 0 Å². The first kappa shape index (κ1) is 19.3. The highest BCUT2D eigenvalue weighted by Gasteiger charge is 2.36. The molecule has 2 heterocycles. The van der Waals surface area contributed by atoms with Gasteiger partial charge in [-0.3, -0.25) is 9.59 Å². The van der Waals surface area contributed by atoms with Crippen LogP contribution in [0.2, 0.25) is 10.0 Å². The molecule has 2 amide bonds.